The molecule has 1 saturated heterocycles. The second kappa shape index (κ2) is 1.95. The second-order valence-corrected chi connectivity index (χ2v) is 2.31. The van der Waals surface area contributed by atoms with Gasteiger partial charge in [-0.15, -0.1) is 0 Å². The highest BCUT2D eigenvalue weighted by atomic mass is 16.6. The summed E-state index contributed by atoms with van der Waals surface area (Å²) in [7, 11) is 0. The van der Waals surface area contributed by atoms with E-state index in [9.17, 15) is 5.21 Å². The van der Waals surface area contributed by atoms with E-state index in [-0.39, 0.29) is 6.10 Å². The van der Waals surface area contributed by atoms with Gasteiger partial charge in [-0.2, -0.15) is 4.73 Å². The first-order chi connectivity index (χ1) is 4.86. The van der Waals surface area contributed by atoms with E-state index >= 15 is 0 Å². The van der Waals surface area contributed by atoms with Crippen molar-refractivity contribution in [2.45, 2.75) is 6.10 Å². The summed E-state index contributed by atoms with van der Waals surface area (Å²) < 4.78 is 5.79. The number of nitrogens with zero attached hydrogens (tertiary/aromatic N) is 1. The molecule has 0 aliphatic carbocycles. The van der Waals surface area contributed by atoms with Crippen molar-refractivity contribution in [2.75, 3.05) is 6.61 Å². The fraction of sp³-hybridized carbons (Fsp3) is 0.286. The monoisotopic (exact) mass is 137 g/mol. The van der Waals surface area contributed by atoms with E-state index in [1.54, 1.807) is 12.1 Å². The molecular formula is C7H7NO2. The molecule has 10 heavy (non-hydrogen) atoms. The Kier molecular flexibility index (Phi) is 1.11. The third kappa shape index (κ3) is 0.953. The van der Waals surface area contributed by atoms with Crippen LogP contribution >= 0.6 is 0 Å². The van der Waals surface area contributed by atoms with Gasteiger partial charge >= 0.3 is 0 Å². The van der Waals surface area contributed by atoms with Crippen LogP contribution in [0, 0.1) is 5.21 Å². The van der Waals surface area contributed by atoms with Crippen molar-refractivity contribution < 1.29 is 9.47 Å². The zero-order valence-corrected chi connectivity index (χ0v) is 5.36. The standard InChI is InChI=1S/C7H7NO2/c9-8-3-1-6(2-4-8)7-5-10-7/h1-4,7H,5H2. The lowest BCUT2D eigenvalue weighted by Crippen LogP contribution is -2.23. The first-order valence-electron chi connectivity index (χ1n) is 3.16. The van der Waals surface area contributed by atoms with Crippen LogP contribution in [0.2, 0.25) is 0 Å². The van der Waals surface area contributed by atoms with Crippen molar-refractivity contribution in [3.05, 3.63) is 35.3 Å². The lowest BCUT2D eigenvalue weighted by atomic mass is 10.2. The van der Waals surface area contributed by atoms with Crippen LogP contribution < -0.4 is 4.73 Å². The number of hydrogen-bond acceptors (Lipinski definition) is 2. The molecule has 3 heteroatoms. The highest BCUT2D eigenvalue weighted by Gasteiger charge is 2.24. The van der Waals surface area contributed by atoms with E-state index in [1.165, 1.54) is 12.4 Å². The van der Waals surface area contributed by atoms with E-state index in [0.29, 0.717) is 0 Å². The molecule has 0 N–H and O–H groups in total. The molecule has 1 aliphatic rings. The minimum atomic E-state index is 0.251. The summed E-state index contributed by atoms with van der Waals surface area (Å²) in [5, 5.41) is 10.5. The predicted molar refractivity (Wildman–Crippen MR) is 34.1 cm³/mol. The van der Waals surface area contributed by atoms with Crippen LogP contribution in [-0.4, -0.2) is 6.61 Å². The molecule has 0 spiro atoms. The molecule has 2 heterocycles. The summed E-state index contributed by atoms with van der Waals surface area (Å²) in [5.41, 5.74) is 1.09. The predicted octanol–water partition coefficient (Wildman–Crippen LogP) is 0.391. The topological polar surface area (TPSA) is 39.5 Å². The van der Waals surface area contributed by atoms with Gasteiger partial charge in [0.15, 0.2) is 12.4 Å². The highest BCUT2D eigenvalue weighted by Crippen LogP contribution is 2.28. The van der Waals surface area contributed by atoms with Crippen molar-refractivity contribution in [1.29, 1.82) is 0 Å². The molecule has 1 atom stereocenters. The van der Waals surface area contributed by atoms with Crippen LogP contribution in [0.4, 0.5) is 0 Å². The Morgan fingerprint density at radius 2 is 2.10 bits per heavy atom. The first kappa shape index (κ1) is 5.68. The van der Waals surface area contributed by atoms with Gasteiger partial charge < -0.3 is 9.94 Å². The molecule has 0 radical (unpaired) electrons. The van der Waals surface area contributed by atoms with Crippen LogP contribution in [0.25, 0.3) is 0 Å². The fourth-order valence-electron chi connectivity index (χ4n) is 0.880. The third-order valence-electron chi connectivity index (χ3n) is 1.53. The normalized spacial score (nSPS) is 22.6. The molecule has 1 aromatic heterocycles. The van der Waals surface area contributed by atoms with E-state index in [0.717, 1.165) is 16.9 Å². The lowest BCUT2D eigenvalue weighted by Gasteiger charge is -1.94. The smallest absolute Gasteiger partial charge is 0.180 e. The number of pyridine rings is 1. The van der Waals surface area contributed by atoms with Crippen LogP contribution in [-0.2, 0) is 4.74 Å². The van der Waals surface area contributed by atoms with Gasteiger partial charge in [0.25, 0.3) is 0 Å². The fourth-order valence-corrected chi connectivity index (χ4v) is 0.880. The molecule has 0 amide bonds. The van der Waals surface area contributed by atoms with Gasteiger partial charge in [0.2, 0.25) is 0 Å². The Bertz CT molecular complexity index is 228. The summed E-state index contributed by atoms with van der Waals surface area (Å²) in [4.78, 5) is 0. The van der Waals surface area contributed by atoms with Gasteiger partial charge in [-0.25, -0.2) is 0 Å². The van der Waals surface area contributed by atoms with Gasteiger partial charge in [0.1, 0.15) is 6.10 Å². The van der Waals surface area contributed by atoms with Crippen molar-refractivity contribution in [3.8, 4) is 0 Å². The Hall–Kier alpha value is -1.09. The molecule has 0 bridgehead atoms. The average molecular weight is 137 g/mol. The van der Waals surface area contributed by atoms with Gasteiger partial charge in [0.05, 0.1) is 6.61 Å². The number of rotatable bonds is 1. The molecule has 3 nitrogen and oxygen atoms in total. The van der Waals surface area contributed by atoms with Crippen LogP contribution in [0.5, 0.6) is 0 Å². The Labute approximate surface area is 58.4 Å². The second-order valence-electron chi connectivity index (χ2n) is 2.31. The molecule has 0 saturated carbocycles. The maximum absolute atomic E-state index is 10.5. The lowest BCUT2D eigenvalue weighted by molar-refractivity contribution is -0.605. The zero-order chi connectivity index (χ0) is 6.97. The summed E-state index contributed by atoms with van der Waals surface area (Å²) >= 11 is 0. The van der Waals surface area contributed by atoms with Crippen molar-refractivity contribution in [3.63, 3.8) is 0 Å². The van der Waals surface area contributed by atoms with E-state index in [1.807, 2.05) is 0 Å². The van der Waals surface area contributed by atoms with E-state index in [2.05, 4.69) is 0 Å². The SMILES string of the molecule is [O-][n+]1ccc(C2CO2)cc1. The van der Waals surface area contributed by atoms with Crippen LogP contribution in [0.15, 0.2) is 24.5 Å². The van der Waals surface area contributed by atoms with Crippen molar-refractivity contribution in [2.24, 2.45) is 0 Å². The summed E-state index contributed by atoms with van der Waals surface area (Å²) in [6, 6.07) is 3.56. The van der Waals surface area contributed by atoms with Gasteiger partial charge in [-0.05, 0) is 5.56 Å². The van der Waals surface area contributed by atoms with Gasteiger partial charge in [-0.1, -0.05) is 0 Å². The number of hydrogen-bond donors (Lipinski definition) is 0. The third-order valence-corrected chi connectivity index (χ3v) is 1.53. The summed E-state index contributed by atoms with van der Waals surface area (Å²) in [6.45, 7) is 0.795. The Balaban J connectivity index is 2.28. The van der Waals surface area contributed by atoms with E-state index in [4.69, 9.17) is 4.74 Å². The molecule has 0 aromatic carbocycles. The highest BCUT2D eigenvalue weighted by molar-refractivity contribution is 5.14. The minimum absolute atomic E-state index is 0.251. The number of epoxide rings is 1. The quantitative estimate of drug-likeness (QED) is 0.319. The van der Waals surface area contributed by atoms with E-state index < -0.39 is 0 Å². The summed E-state index contributed by atoms with van der Waals surface area (Å²) in [6.07, 6.45) is 3.22. The number of ether oxygens (including phenoxy) is 1. The Morgan fingerprint density at radius 1 is 1.50 bits per heavy atom. The summed E-state index contributed by atoms with van der Waals surface area (Å²) in [5.74, 6) is 0. The number of aromatic nitrogens is 1. The van der Waals surface area contributed by atoms with Crippen molar-refractivity contribution >= 4 is 0 Å². The average Bonchev–Trinajstić information content (AvgIpc) is 2.71. The van der Waals surface area contributed by atoms with Gasteiger partial charge in [-0.3, -0.25) is 0 Å². The van der Waals surface area contributed by atoms with Crippen LogP contribution in [0.3, 0.4) is 0 Å². The zero-order valence-electron chi connectivity index (χ0n) is 5.36. The molecule has 2 rings (SSSR count). The Morgan fingerprint density at radius 3 is 2.60 bits per heavy atom. The van der Waals surface area contributed by atoms with Crippen molar-refractivity contribution in [1.82, 2.24) is 0 Å². The molecule has 1 aliphatic heterocycles. The minimum Gasteiger partial charge on any atom is -0.619 e. The molecule has 52 valence electrons. The molecule has 1 fully saturated rings. The maximum atomic E-state index is 10.5. The maximum Gasteiger partial charge on any atom is 0.180 e. The first-order valence-corrected chi connectivity index (χ1v) is 3.16. The van der Waals surface area contributed by atoms with Crippen LogP contribution in [0.1, 0.15) is 11.7 Å². The molecular weight excluding hydrogens is 130 g/mol. The molecule has 1 unspecified atom stereocenters. The van der Waals surface area contributed by atoms with Gasteiger partial charge in [0, 0.05) is 12.1 Å². The molecule has 1 aromatic rings. The largest absolute Gasteiger partial charge is 0.619 e.